The SMILES string of the molecule is Cc1cccc(F)c1NCC1CCCCN1C(=O)OC(C)(C)C. The Kier molecular flexibility index (Phi) is 5.50. The van der Waals surface area contributed by atoms with Gasteiger partial charge in [0.1, 0.15) is 11.4 Å². The predicted molar refractivity (Wildman–Crippen MR) is 90.2 cm³/mol. The van der Waals surface area contributed by atoms with Crippen LogP contribution in [0.1, 0.15) is 45.6 Å². The zero-order chi connectivity index (χ0) is 17.0. The van der Waals surface area contributed by atoms with Crippen LogP contribution in [-0.4, -0.2) is 35.7 Å². The van der Waals surface area contributed by atoms with E-state index in [1.807, 2.05) is 33.8 Å². The van der Waals surface area contributed by atoms with E-state index in [2.05, 4.69) is 5.32 Å². The molecule has 1 saturated heterocycles. The number of nitrogens with one attached hydrogen (secondary N) is 1. The predicted octanol–water partition coefficient (Wildman–Crippen LogP) is 4.34. The monoisotopic (exact) mass is 322 g/mol. The van der Waals surface area contributed by atoms with Crippen molar-refractivity contribution in [3.8, 4) is 0 Å². The van der Waals surface area contributed by atoms with Crippen LogP contribution in [0.25, 0.3) is 0 Å². The highest BCUT2D eigenvalue weighted by molar-refractivity contribution is 5.69. The Labute approximate surface area is 138 Å². The number of ether oxygens (including phenoxy) is 1. The number of piperidine rings is 1. The highest BCUT2D eigenvalue weighted by atomic mass is 19.1. The first kappa shape index (κ1) is 17.6. The van der Waals surface area contributed by atoms with Crippen LogP contribution < -0.4 is 5.32 Å². The van der Waals surface area contributed by atoms with E-state index < -0.39 is 5.60 Å². The average Bonchev–Trinajstić information content (AvgIpc) is 2.45. The number of aryl methyl sites for hydroxylation is 1. The van der Waals surface area contributed by atoms with Gasteiger partial charge in [-0.15, -0.1) is 0 Å². The van der Waals surface area contributed by atoms with Gasteiger partial charge in [-0.05, 0) is 58.6 Å². The van der Waals surface area contributed by atoms with Crippen LogP contribution in [0.15, 0.2) is 18.2 Å². The van der Waals surface area contributed by atoms with Crippen LogP contribution >= 0.6 is 0 Å². The molecule has 0 saturated carbocycles. The van der Waals surface area contributed by atoms with Crippen molar-refractivity contribution in [2.45, 2.75) is 58.6 Å². The normalized spacial score (nSPS) is 18.7. The number of anilines is 1. The standard InChI is InChI=1S/C18H27FN2O2/c1-13-8-7-10-15(19)16(13)20-12-14-9-5-6-11-21(14)17(22)23-18(2,3)4/h7-8,10,14,20H,5-6,9,11-12H2,1-4H3. The maximum Gasteiger partial charge on any atom is 0.410 e. The van der Waals surface area contributed by atoms with Crippen LogP contribution in [0.2, 0.25) is 0 Å². The summed E-state index contributed by atoms with van der Waals surface area (Å²) < 4.78 is 19.4. The van der Waals surface area contributed by atoms with E-state index in [0.717, 1.165) is 24.8 Å². The van der Waals surface area contributed by atoms with Gasteiger partial charge in [0.15, 0.2) is 0 Å². The molecule has 0 spiro atoms. The maximum atomic E-state index is 13.9. The third-order valence-electron chi connectivity index (χ3n) is 3.99. The van der Waals surface area contributed by atoms with Gasteiger partial charge in [-0.25, -0.2) is 9.18 Å². The van der Waals surface area contributed by atoms with Crippen molar-refractivity contribution in [1.82, 2.24) is 4.90 Å². The smallest absolute Gasteiger partial charge is 0.410 e. The third kappa shape index (κ3) is 4.85. The van der Waals surface area contributed by atoms with Gasteiger partial charge in [-0.1, -0.05) is 12.1 Å². The summed E-state index contributed by atoms with van der Waals surface area (Å²) in [5.41, 5.74) is 0.876. The van der Waals surface area contributed by atoms with Crippen molar-refractivity contribution >= 4 is 11.8 Å². The highest BCUT2D eigenvalue weighted by Gasteiger charge is 2.30. The molecule has 1 aromatic rings. The van der Waals surface area contributed by atoms with Gasteiger partial charge < -0.3 is 15.0 Å². The average molecular weight is 322 g/mol. The summed E-state index contributed by atoms with van der Waals surface area (Å²) in [5.74, 6) is -0.260. The van der Waals surface area contributed by atoms with Crippen molar-refractivity contribution in [3.63, 3.8) is 0 Å². The summed E-state index contributed by atoms with van der Waals surface area (Å²) in [6, 6.07) is 5.04. The van der Waals surface area contributed by atoms with E-state index in [-0.39, 0.29) is 18.0 Å². The number of para-hydroxylation sites is 1. The first-order chi connectivity index (χ1) is 10.8. The molecule has 1 fully saturated rings. The number of hydrogen-bond acceptors (Lipinski definition) is 3. The van der Waals surface area contributed by atoms with Gasteiger partial charge >= 0.3 is 6.09 Å². The second kappa shape index (κ2) is 7.20. The number of benzene rings is 1. The first-order valence-electron chi connectivity index (χ1n) is 8.26. The molecule has 1 heterocycles. The van der Waals surface area contributed by atoms with Gasteiger partial charge in [0, 0.05) is 13.1 Å². The Morgan fingerprint density at radius 2 is 2.13 bits per heavy atom. The van der Waals surface area contributed by atoms with Crippen molar-refractivity contribution in [2.75, 3.05) is 18.4 Å². The molecule has 1 aromatic carbocycles. The summed E-state index contributed by atoms with van der Waals surface area (Å²) in [4.78, 5) is 14.1. The molecule has 1 aliphatic heterocycles. The van der Waals surface area contributed by atoms with E-state index >= 15 is 0 Å². The molecule has 0 aliphatic carbocycles. The first-order valence-corrected chi connectivity index (χ1v) is 8.26. The van der Waals surface area contributed by atoms with E-state index in [9.17, 15) is 9.18 Å². The lowest BCUT2D eigenvalue weighted by molar-refractivity contribution is 0.0114. The maximum absolute atomic E-state index is 13.9. The molecule has 2 rings (SSSR count). The molecule has 128 valence electrons. The Bertz CT molecular complexity index is 534. The molecule has 23 heavy (non-hydrogen) atoms. The summed E-state index contributed by atoms with van der Waals surface area (Å²) >= 11 is 0. The Morgan fingerprint density at radius 1 is 1.39 bits per heavy atom. The molecule has 1 aliphatic rings. The summed E-state index contributed by atoms with van der Waals surface area (Å²) in [5, 5.41) is 3.17. The van der Waals surface area contributed by atoms with Gasteiger partial charge in [0.25, 0.3) is 0 Å². The van der Waals surface area contributed by atoms with Crippen LogP contribution in [0, 0.1) is 12.7 Å². The second-order valence-electron chi connectivity index (χ2n) is 7.14. The van der Waals surface area contributed by atoms with Gasteiger partial charge in [-0.2, -0.15) is 0 Å². The quantitative estimate of drug-likeness (QED) is 0.900. The number of rotatable bonds is 3. The highest BCUT2D eigenvalue weighted by Crippen LogP contribution is 2.23. The number of carbonyl (C=O) groups is 1. The zero-order valence-corrected chi connectivity index (χ0v) is 14.5. The van der Waals surface area contributed by atoms with E-state index in [1.165, 1.54) is 6.07 Å². The molecule has 1 N–H and O–H groups in total. The third-order valence-corrected chi connectivity index (χ3v) is 3.99. The molecular weight excluding hydrogens is 295 g/mol. The fourth-order valence-corrected chi connectivity index (χ4v) is 2.85. The van der Waals surface area contributed by atoms with Crippen LogP contribution in [0.4, 0.5) is 14.9 Å². The molecule has 0 radical (unpaired) electrons. The Morgan fingerprint density at radius 3 is 2.78 bits per heavy atom. The molecule has 0 aromatic heterocycles. The molecule has 5 heteroatoms. The second-order valence-corrected chi connectivity index (χ2v) is 7.14. The molecule has 1 atom stereocenters. The number of likely N-dealkylation sites (tertiary alicyclic amines) is 1. The van der Waals surface area contributed by atoms with Gasteiger partial charge in [-0.3, -0.25) is 0 Å². The Hall–Kier alpha value is -1.78. The van der Waals surface area contributed by atoms with Crippen LogP contribution in [0.5, 0.6) is 0 Å². The topological polar surface area (TPSA) is 41.6 Å². The lowest BCUT2D eigenvalue weighted by atomic mass is 10.0. The van der Waals surface area contributed by atoms with E-state index in [4.69, 9.17) is 4.74 Å². The summed E-state index contributed by atoms with van der Waals surface area (Å²) in [6.45, 7) is 8.69. The minimum absolute atomic E-state index is 0.0256. The summed E-state index contributed by atoms with van der Waals surface area (Å²) in [7, 11) is 0. The molecule has 1 unspecified atom stereocenters. The number of carbonyl (C=O) groups excluding carboxylic acids is 1. The molecule has 0 bridgehead atoms. The lowest BCUT2D eigenvalue weighted by Crippen LogP contribution is -2.49. The number of nitrogens with zero attached hydrogens (tertiary/aromatic N) is 1. The molecule has 4 nitrogen and oxygen atoms in total. The molecular formula is C18H27FN2O2. The lowest BCUT2D eigenvalue weighted by Gasteiger charge is -2.37. The van der Waals surface area contributed by atoms with E-state index in [1.54, 1.807) is 11.0 Å². The van der Waals surface area contributed by atoms with Crippen molar-refractivity contribution < 1.29 is 13.9 Å². The summed E-state index contributed by atoms with van der Waals surface area (Å²) in [6.07, 6.45) is 2.67. The van der Waals surface area contributed by atoms with Crippen molar-refractivity contribution in [1.29, 1.82) is 0 Å². The van der Waals surface area contributed by atoms with Crippen LogP contribution in [-0.2, 0) is 4.74 Å². The van der Waals surface area contributed by atoms with E-state index in [0.29, 0.717) is 18.8 Å². The van der Waals surface area contributed by atoms with Crippen molar-refractivity contribution in [3.05, 3.63) is 29.6 Å². The van der Waals surface area contributed by atoms with Gasteiger partial charge in [0.2, 0.25) is 0 Å². The van der Waals surface area contributed by atoms with Crippen LogP contribution in [0.3, 0.4) is 0 Å². The fraction of sp³-hybridized carbons (Fsp3) is 0.611. The zero-order valence-electron chi connectivity index (χ0n) is 14.5. The van der Waals surface area contributed by atoms with Crippen molar-refractivity contribution in [2.24, 2.45) is 0 Å². The fourth-order valence-electron chi connectivity index (χ4n) is 2.85. The minimum Gasteiger partial charge on any atom is -0.444 e. The number of halogens is 1. The number of amides is 1. The Balaban J connectivity index is 2.03. The minimum atomic E-state index is -0.505. The molecule has 1 amide bonds. The largest absolute Gasteiger partial charge is 0.444 e. The number of hydrogen-bond donors (Lipinski definition) is 1. The van der Waals surface area contributed by atoms with Gasteiger partial charge in [0.05, 0.1) is 11.7 Å².